The maximum Gasteiger partial charge on any atom is 0.159 e. The third-order valence-electron chi connectivity index (χ3n) is 14.2. The summed E-state index contributed by atoms with van der Waals surface area (Å²) in [5.41, 5.74) is 3.14. The summed E-state index contributed by atoms with van der Waals surface area (Å²) in [6.45, 7) is 22.1. The van der Waals surface area contributed by atoms with E-state index in [0.29, 0.717) is 23.0 Å². The quantitative estimate of drug-likeness (QED) is 0.398. The lowest BCUT2D eigenvalue weighted by atomic mass is 9.34. The number of hydrogen-bond donors (Lipinski definition) is 0. The van der Waals surface area contributed by atoms with Crippen molar-refractivity contribution in [1.29, 1.82) is 0 Å². The van der Waals surface area contributed by atoms with Crippen LogP contribution in [-0.2, 0) is 21.4 Å². The molecule has 0 N–H and O–H groups in total. The van der Waals surface area contributed by atoms with Gasteiger partial charge in [0.25, 0.3) is 0 Å². The molecule has 1 aromatic heterocycles. The van der Waals surface area contributed by atoms with E-state index in [1.165, 1.54) is 56.1 Å². The van der Waals surface area contributed by atoms with Gasteiger partial charge in [0.1, 0.15) is 5.76 Å². The van der Waals surface area contributed by atoms with E-state index in [2.05, 4.69) is 64.6 Å². The molecule has 5 nitrogen and oxygen atoms in total. The van der Waals surface area contributed by atoms with Gasteiger partial charge in [-0.1, -0.05) is 59.2 Å². The van der Waals surface area contributed by atoms with Crippen LogP contribution in [0, 0.1) is 44.8 Å². The Hall–Kier alpha value is -1.46. The molecule has 0 spiro atoms. The molecule has 1 saturated heterocycles. The van der Waals surface area contributed by atoms with Gasteiger partial charge in [0, 0.05) is 36.5 Å². The van der Waals surface area contributed by atoms with Gasteiger partial charge in [0.15, 0.2) is 5.78 Å². The Labute approximate surface area is 241 Å². The number of carbonyl (C=O) groups excluding carboxylic acids is 1. The Kier molecular flexibility index (Phi) is 5.86. The van der Waals surface area contributed by atoms with Crippen molar-refractivity contribution in [1.82, 2.24) is 10.1 Å². The second kappa shape index (κ2) is 8.56. The Morgan fingerprint density at radius 2 is 1.70 bits per heavy atom. The minimum absolute atomic E-state index is 0.00614. The molecular weight excluding hydrogens is 496 g/mol. The summed E-state index contributed by atoms with van der Waals surface area (Å²) in [6, 6.07) is 0. The molecule has 4 fully saturated rings. The average molecular weight is 549 g/mol. The van der Waals surface area contributed by atoms with Crippen LogP contribution in [0.15, 0.2) is 22.4 Å². The molecule has 6 aliphatic rings. The highest BCUT2D eigenvalue weighted by Gasteiger charge is 2.70. The maximum absolute atomic E-state index is 14.8. The van der Waals surface area contributed by atoms with Crippen LogP contribution in [0.1, 0.15) is 105 Å². The molecule has 7 rings (SSSR count). The second-order valence-corrected chi connectivity index (χ2v) is 17.0. The van der Waals surface area contributed by atoms with Crippen molar-refractivity contribution in [3.8, 4) is 0 Å². The topological polar surface area (TPSA) is 55.6 Å². The number of fused-ring (bicyclic) bond motifs is 8. The molecule has 0 unspecified atom stereocenters. The number of ketones is 1. The monoisotopic (exact) mass is 548 g/mol. The zero-order chi connectivity index (χ0) is 28.3. The largest absolute Gasteiger partial charge is 0.379 e. The van der Waals surface area contributed by atoms with Crippen LogP contribution >= 0.6 is 0 Å². The van der Waals surface area contributed by atoms with Gasteiger partial charge in [-0.05, 0) is 96.4 Å². The molecule has 40 heavy (non-hydrogen) atoms. The van der Waals surface area contributed by atoms with E-state index in [9.17, 15) is 4.79 Å². The molecule has 5 heteroatoms. The first-order valence-electron chi connectivity index (χ1n) is 16.3. The highest BCUT2D eigenvalue weighted by molar-refractivity contribution is 5.95. The SMILES string of the molecule is CC1(C)CC[C@]2(CN3CCOCC3)CC[C@]3(C)[C@H](C(=O)C=C4[C@@]5(C)Cc6cnoc6C(C)(C)[C@@H]5CC[C@]43C)[C@@H]2C1. The fourth-order valence-corrected chi connectivity index (χ4v) is 11.9. The van der Waals surface area contributed by atoms with E-state index >= 15 is 0 Å². The van der Waals surface area contributed by atoms with Crippen LogP contribution < -0.4 is 0 Å². The average Bonchev–Trinajstić information content (AvgIpc) is 3.36. The van der Waals surface area contributed by atoms with E-state index < -0.39 is 0 Å². The zero-order valence-corrected chi connectivity index (χ0v) is 26.2. The van der Waals surface area contributed by atoms with Crippen molar-refractivity contribution in [3.63, 3.8) is 0 Å². The number of allylic oxidation sites excluding steroid dienone is 2. The standard InChI is InChI=1S/C35H52N2O3/c1-30(2)10-12-35(22-37-14-16-39-17-15-37)13-11-34(7)28(24(35)20-30)25(38)18-27-32(5)19-23-21-36-40-29(23)31(3,4)26(32)8-9-33(27,34)6/h18,21,24,26,28H,8-17,19-20,22H2,1-7H3/t24-,26-,28-,32-,33+,34+,35+/m0/s1. The van der Waals surface area contributed by atoms with Gasteiger partial charge in [-0.2, -0.15) is 0 Å². The summed E-state index contributed by atoms with van der Waals surface area (Å²) in [5, 5.41) is 4.24. The number of carbonyl (C=O) groups is 1. The van der Waals surface area contributed by atoms with Gasteiger partial charge in [0.05, 0.1) is 19.4 Å². The van der Waals surface area contributed by atoms with E-state index in [0.717, 1.165) is 45.0 Å². The lowest BCUT2D eigenvalue weighted by Crippen LogP contribution is -2.66. The third kappa shape index (κ3) is 3.52. The van der Waals surface area contributed by atoms with Crippen LogP contribution in [0.2, 0.25) is 0 Å². The van der Waals surface area contributed by atoms with Gasteiger partial charge in [-0.25, -0.2) is 0 Å². The summed E-state index contributed by atoms with van der Waals surface area (Å²) < 4.78 is 11.6. The molecule has 0 radical (unpaired) electrons. The molecule has 0 amide bonds. The third-order valence-corrected chi connectivity index (χ3v) is 14.2. The molecule has 1 aromatic rings. The van der Waals surface area contributed by atoms with Crippen LogP contribution in [0.5, 0.6) is 0 Å². The molecule has 7 atom stereocenters. The van der Waals surface area contributed by atoms with Crippen molar-refractivity contribution in [2.24, 2.45) is 44.8 Å². The van der Waals surface area contributed by atoms with E-state index in [1.54, 1.807) is 0 Å². The Morgan fingerprint density at radius 1 is 0.975 bits per heavy atom. The lowest BCUT2D eigenvalue weighted by molar-refractivity contribution is -0.176. The first-order valence-corrected chi connectivity index (χ1v) is 16.3. The predicted octanol–water partition coefficient (Wildman–Crippen LogP) is 7.00. The zero-order valence-electron chi connectivity index (χ0n) is 26.2. The minimum atomic E-state index is -0.0882. The lowest BCUT2D eigenvalue weighted by Gasteiger charge is -2.70. The second-order valence-electron chi connectivity index (χ2n) is 17.0. The van der Waals surface area contributed by atoms with Crippen LogP contribution in [0.4, 0.5) is 0 Å². The van der Waals surface area contributed by atoms with E-state index in [1.807, 2.05) is 6.20 Å². The summed E-state index contributed by atoms with van der Waals surface area (Å²) in [7, 11) is 0. The number of hydrogen-bond acceptors (Lipinski definition) is 5. The van der Waals surface area contributed by atoms with Crippen LogP contribution in [-0.4, -0.2) is 48.7 Å². The highest BCUT2D eigenvalue weighted by Crippen LogP contribution is 2.74. The fourth-order valence-electron chi connectivity index (χ4n) is 11.9. The van der Waals surface area contributed by atoms with Crippen molar-refractivity contribution < 1.29 is 14.1 Å². The van der Waals surface area contributed by atoms with Gasteiger partial charge in [-0.3, -0.25) is 9.69 Å². The van der Waals surface area contributed by atoms with Gasteiger partial charge >= 0.3 is 0 Å². The molecule has 0 aromatic carbocycles. The summed E-state index contributed by atoms with van der Waals surface area (Å²) in [5.74, 6) is 2.54. The number of nitrogens with zero attached hydrogens (tertiary/aromatic N) is 2. The maximum atomic E-state index is 14.8. The van der Waals surface area contributed by atoms with Crippen LogP contribution in [0.3, 0.4) is 0 Å². The molecule has 3 saturated carbocycles. The number of rotatable bonds is 2. The van der Waals surface area contributed by atoms with Crippen molar-refractivity contribution in [2.75, 3.05) is 32.8 Å². The Bertz CT molecular complexity index is 1240. The summed E-state index contributed by atoms with van der Waals surface area (Å²) >= 11 is 0. The van der Waals surface area contributed by atoms with Gasteiger partial charge in [-0.15, -0.1) is 0 Å². The van der Waals surface area contributed by atoms with Crippen LogP contribution in [0.25, 0.3) is 0 Å². The van der Waals surface area contributed by atoms with Crippen molar-refractivity contribution in [2.45, 2.75) is 105 Å². The Balaban J connectivity index is 1.32. The van der Waals surface area contributed by atoms with Crippen molar-refractivity contribution in [3.05, 3.63) is 29.2 Å². The molecule has 1 aliphatic heterocycles. The predicted molar refractivity (Wildman–Crippen MR) is 157 cm³/mol. The minimum Gasteiger partial charge on any atom is -0.379 e. The number of morpholine rings is 1. The molecule has 5 aliphatic carbocycles. The first kappa shape index (κ1) is 27.4. The molecule has 220 valence electrons. The smallest absolute Gasteiger partial charge is 0.159 e. The van der Waals surface area contributed by atoms with Gasteiger partial charge < -0.3 is 9.26 Å². The van der Waals surface area contributed by atoms with Gasteiger partial charge in [0.2, 0.25) is 0 Å². The fraction of sp³-hybridized carbons (Fsp3) is 0.829. The Morgan fingerprint density at radius 3 is 2.45 bits per heavy atom. The molecule has 2 heterocycles. The van der Waals surface area contributed by atoms with E-state index in [4.69, 9.17) is 9.26 Å². The highest BCUT2D eigenvalue weighted by atomic mass is 16.5. The van der Waals surface area contributed by atoms with E-state index in [-0.39, 0.29) is 33.0 Å². The van der Waals surface area contributed by atoms with Crippen molar-refractivity contribution >= 4 is 5.78 Å². The molecular formula is C35H52N2O3. The first-order chi connectivity index (χ1) is 18.8. The summed E-state index contributed by atoms with van der Waals surface area (Å²) in [4.78, 5) is 17.4. The normalized spacial score (nSPS) is 45.8. The number of ether oxygens (including phenoxy) is 1. The number of aromatic nitrogens is 1. The molecule has 0 bridgehead atoms. The summed E-state index contributed by atoms with van der Waals surface area (Å²) in [6.07, 6.45) is 13.6.